The summed E-state index contributed by atoms with van der Waals surface area (Å²) in [6.07, 6.45) is 0.557. The van der Waals surface area contributed by atoms with E-state index in [2.05, 4.69) is 21.2 Å². The summed E-state index contributed by atoms with van der Waals surface area (Å²) >= 11 is 3.31. The normalized spacial score (nSPS) is 25.3. The Hall–Kier alpha value is -0.690. The maximum Gasteiger partial charge on any atom is 0.165 e. The van der Waals surface area contributed by atoms with E-state index in [0.29, 0.717) is 13.2 Å². The Morgan fingerprint density at radius 2 is 2.20 bits per heavy atom. The van der Waals surface area contributed by atoms with Crippen LogP contribution < -0.4 is 10.1 Å². The van der Waals surface area contributed by atoms with Gasteiger partial charge in [0, 0.05) is 24.0 Å². The highest BCUT2D eigenvalue weighted by molar-refractivity contribution is 9.10. The van der Waals surface area contributed by atoms with Crippen molar-refractivity contribution in [1.82, 2.24) is 5.32 Å². The molecule has 0 radical (unpaired) electrons. The SMILES string of the molecule is CNC1CC(Oc2cc(Br)ccc2F)C1OCCOC. The summed E-state index contributed by atoms with van der Waals surface area (Å²) in [5.41, 5.74) is 0. The summed E-state index contributed by atoms with van der Waals surface area (Å²) in [4.78, 5) is 0. The molecule has 1 N–H and O–H groups in total. The summed E-state index contributed by atoms with van der Waals surface area (Å²) in [6.45, 7) is 1.03. The zero-order valence-corrected chi connectivity index (χ0v) is 13.2. The highest BCUT2D eigenvalue weighted by Gasteiger charge is 2.43. The largest absolute Gasteiger partial charge is 0.484 e. The summed E-state index contributed by atoms with van der Waals surface area (Å²) in [6, 6.07) is 4.89. The van der Waals surface area contributed by atoms with E-state index in [0.717, 1.165) is 10.9 Å². The van der Waals surface area contributed by atoms with Crippen LogP contribution in [0, 0.1) is 5.82 Å². The van der Waals surface area contributed by atoms with E-state index >= 15 is 0 Å². The van der Waals surface area contributed by atoms with E-state index in [4.69, 9.17) is 14.2 Å². The first kappa shape index (κ1) is 15.7. The molecular weight excluding hydrogens is 329 g/mol. The van der Waals surface area contributed by atoms with Gasteiger partial charge >= 0.3 is 0 Å². The van der Waals surface area contributed by atoms with Gasteiger partial charge in [0.2, 0.25) is 0 Å². The molecule has 0 spiro atoms. The van der Waals surface area contributed by atoms with Crippen molar-refractivity contribution in [3.8, 4) is 5.75 Å². The lowest BCUT2D eigenvalue weighted by Crippen LogP contribution is -2.60. The maximum atomic E-state index is 13.7. The third-order valence-corrected chi connectivity index (χ3v) is 3.88. The Balaban J connectivity index is 1.95. The van der Waals surface area contributed by atoms with Crippen LogP contribution in [0.3, 0.4) is 0 Å². The molecule has 0 saturated heterocycles. The number of ether oxygens (including phenoxy) is 3. The van der Waals surface area contributed by atoms with Crippen molar-refractivity contribution in [1.29, 1.82) is 0 Å². The Labute approximate surface area is 126 Å². The van der Waals surface area contributed by atoms with E-state index in [1.807, 2.05) is 7.05 Å². The Bertz CT molecular complexity index is 446. The van der Waals surface area contributed by atoms with E-state index in [1.54, 1.807) is 19.2 Å². The number of methoxy groups -OCH3 is 1. The van der Waals surface area contributed by atoms with Gasteiger partial charge in [-0.15, -0.1) is 0 Å². The first-order valence-electron chi connectivity index (χ1n) is 6.55. The van der Waals surface area contributed by atoms with Gasteiger partial charge < -0.3 is 19.5 Å². The molecule has 3 unspecified atom stereocenters. The molecule has 1 aromatic carbocycles. The zero-order valence-electron chi connectivity index (χ0n) is 11.6. The minimum absolute atomic E-state index is 0.0893. The van der Waals surface area contributed by atoms with Crippen LogP contribution in [0.15, 0.2) is 22.7 Å². The second kappa shape index (κ2) is 7.36. The van der Waals surface area contributed by atoms with Gasteiger partial charge in [0.25, 0.3) is 0 Å². The fourth-order valence-electron chi connectivity index (χ4n) is 2.20. The number of nitrogens with one attached hydrogen (secondary N) is 1. The fourth-order valence-corrected chi connectivity index (χ4v) is 2.54. The molecule has 6 heteroatoms. The third kappa shape index (κ3) is 3.69. The van der Waals surface area contributed by atoms with Gasteiger partial charge in [0.15, 0.2) is 11.6 Å². The monoisotopic (exact) mass is 347 g/mol. The lowest BCUT2D eigenvalue weighted by atomic mass is 9.85. The number of likely N-dealkylation sites (N-methyl/N-ethyl adjacent to an activating group) is 1. The van der Waals surface area contributed by atoms with Crippen LogP contribution in [0.25, 0.3) is 0 Å². The molecule has 3 atom stereocenters. The van der Waals surface area contributed by atoms with Gasteiger partial charge in [0.1, 0.15) is 12.2 Å². The van der Waals surface area contributed by atoms with Crippen molar-refractivity contribution < 1.29 is 18.6 Å². The second-order valence-corrected chi connectivity index (χ2v) is 5.61. The molecule has 1 aliphatic rings. The molecule has 0 amide bonds. The average Bonchev–Trinajstić information content (AvgIpc) is 2.42. The number of hydrogen-bond acceptors (Lipinski definition) is 4. The van der Waals surface area contributed by atoms with E-state index in [-0.39, 0.29) is 29.8 Å². The number of hydrogen-bond donors (Lipinski definition) is 1. The highest BCUT2D eigenvalue weighted by Crippen LogP contribution is 2.31. The van der Waals surface area contributed by atoms with Gasteiger partial charge in [-0.25, -0.2) is 4.39 Å². The molecule has 0 bridgehead atoms. The summed E-state index contributed by atoms with van der Waals surface area (Å²) in [5, 5.41) is 3.17. The van der Waals surface area contributed by atoms with Gasteiger partial charge in [-0.2, -0.15) is 0 Å². The van der Waals surface area contributed by atoms with Gasteiger partial charge in [-0.3, -0.25) is 0 Å². The molecule has 4 nitrogen and oxygen atoms in total. The van der Waals surface area contributed by atoms with Crippen LogP contribution in [0.4, 0.5) is 4.39 Å². The maximum absolute atomic E-state index is 13.7. The molecule has 0 aromatic heterocycles. The molecule has 0 aliphatic heterocycles. The molecule has 1 saturated carbocycles. The number of benzene rings is 1. The smallest absolute Gasteiger partial charge is 0.165 e. The van der Waals surface area contributed by atoms with E-state index in [9.17, 15) is 4.39 Å². The summed E-state index contributed by atoms with van der Waals surface area (Å²) < 4.78 is 30.9. The van der Waals surface area contributed by atoms with Crippen molar-refractivity contribution in [2.45, 2.75) is 24.7 Å². The van der Waals surface area contributed by atoms with Crippen LogP contribution in [-0.2, 0) is 9.47 Å². The molecule has 1 fully saturated rings. The van der Waals surface area contributed by atoms with E-state index in [1.165, 1.54) is 6.07 Å². The Kier molecular flexibility index (Phi) is 5.77. The molecule has 2 rings (SSSR count). The van der Waals surface area contributed by atoms with Crippen molar-refractivity contribution in [3.05, 3.63) is 28.5 Å². The standard InChI is InChI=1S/C14H19BrFNO3/c1-17-11-8-13(14(11)19-6-5-18-2)20-12-7-9(15)3-4-10(12)16/h3-4,7,11,13-14,17H,5-6,8H2,1-2H3. The van der Waals surface area contributed by atoms with Crippen LogP contribution in [0.5, 0.6) is 5.75 Å². The average molecular weight is 348 g/mol. The first-order chi connectivity index (χ1) is 9.65. The topological polar surface area (TPSA) is 39.7 Å². The van der Waals surface area contributed by atoms with Crippen LogP contribution >= 0.6 is 15.9 Å². The van der Waals surface area contributed by atoms with Crippen molar-refractivity contribution in [2.24, 2.45) is 0 Å². The fraction of sp³-hybridized carbons (Fsp3) is 0.571. The number of halogens is 2. The zero-order chi connectivity index (χ0) is 14.5. The summed E-state index contributed by atoms with van der Waals surface area (Å²) in [7, 11) is 3.51. The first-order valence-corrected chi connectivity index (χ1v) is 7.34. The molecular formula is C14H19BrFNO3. The lowest BCUT2D eigenvalue weighted by Gasteiger charge is -2.43. The molecule has 112 valence electrons. The predicted molar refractivity (Wildman–Crippen MR) is 77.6 cm³/mol. The van der Waals surface area contributed by atoms with Crippen LogP contribution in [0.1, 0.15) is 6.42 Å². The van der Waals surface area contributed by atoms with Crippen molar-refractivity contribution >= 4 is 15.9 Å². The van der Waals surface area contributed by atoms with Crippen LogP contribution in [-0.4, -0.2) is 45.6 Å². The molecule has 0 heterocycles. The predicted octanol–water partition coefficient (Wildman–Crippen LogP) is 2.36. The van der Waals surface area contributed by atoms with Crippen molar-refractivity contribution in [2.75, 3.05) is 27.4 Å². The van der Waals surface area contributed by atoms with Gasteiger partial charge in [-0.1, -0.05) is 15.9 Å². The quantitative estimate of drug-likeness (QED) is 0.768. The van der Waals surface area contributed by atoms with Crippen molar-refractivity contribution in [3.63, 3.8) is 0 Å². The Morgan fingerprint density at radius 3 is 2.90 bits per heavy atom. The van der Waals surface area contributed by atoms with Gasteiger partial charge in [0.05, 0.1) is 13.2 Å². The number of rotatable bonds is 7. The minimum Gasteiger partial charge on any atom is -0.484 e. The highest BCUT2D eigenvalue weighted by atomic mass is 79.9. The van der Waals surface area contributed by atoms with E-state index < -0.39 is 0 Å². The van der Waals surface area contributed by atoms with Crippen LogP contribution in [0.2, 0.25) is 0 Å². The Morgan fingerprint density at radius 1 is 1.40 bits per heavy atom. The van der Waals surface area contributed by atoms with Gasteiger partial charge in [-0.05, 0) is 25.2 Å². The second-order valence-electron chi connectivity index (χ2n) is 4.69. The third-order valence-electron chi connectivity index (χ3n) is 3.39. The molecule has 20 heavy (non-hydrogen) atoms. The summed E-state index contributed by atoms with van der Waals surface area (Å²) in [5.74, 6) is -0.115. The lowest BCUT2D eigenvalue weighted by molar-refractivity contribution is -0.115. The molecule has 1 aliphatic carbocycles. The molecule has 1 aromatic rings. The minimum atomic E-state index is -0.364.